The molecule has 0 spiro atoms. The summed E-state index contributed by atoms with van der Waals surface area (Å²) in [7, 11) is 0. The first kappa shape index (κ1) is 20.2. The van der Waals surface area contributed by atoms with Gasteiger partial charge in [0.25, 0.3) is 5.91 Å². The zero-order chi connectivity index (χ0) is 19.3. The third-order valence-corrected chi connectivity index (χ3v) is 5.01. The van der Waals surface area contributed by atoms with E-state index in [9.17, 15) is 14.4 Å². The summed E-state index contributed by atoms with van der Waals surface area (Å²) in [5.74, 6) is -0.307. The lowest BCUT2D eigenvalue weighted by Gasteiger charge is -2.26. The smallest absolute Gasteiger partial charge is 0.255 e. The molecule has 2 N–H and O–H groups in total. The monoisotopic (exact) mass is 364 g/mol. The quantitative estimate of drug-likeness (QED) is 0.734. The van der Waals surface area contributed by atoms with Gasteiger partial charge in [-0.05, 0) is 30.7 Å². The molecule has 2 amide bonds. The number of rotatable bonds is 8. The topological polar surface area (TPSA) is 97.6 Å². The summed E-state index contributed by atoms with van der Waals surface area (Å²) in [6.45, 7) is 8.09. The van der Waals surface area contributed by atoms with E-state index in [0.29, 0.717) is 24.3 Å². The van der Waals surface area contributed by atoms with Gasteiger partial charge in [0.05, 0.1) is 17.9 Å². The number of furan rings is 1. The first-order chi connectivity index (χ1) is 12.3. The molecule has 4 unspecified atom stereocenters. The number of nitrogens with one attached hydrogen (secondary N) is 2. The second-order valence-electron chi connectivity index (χ2n) is 7.21. The van der Waals surface area contributed by atoms with E-state index in [1.54, 1.807) is 0 Å². The maximum Gasteiger partial charge on any atom is 0.255 e. The maximum absolute atomic E-state index is 12.8. The van der Waals surface area contributed by atoms with E-state index >= 15 is 0 Å². The van der Waals surface area contributed by atoms with Gasteiger partial charge in [0.1, 0.15) is 25.0 Å². The molecule has 0 radical (unpaired) electrons. The molecule has 1 saturated heterocycles. The van der Waals surface area contributed by atoms with Gasteiger partial charge in [0.2, 0.25) is 5.91 Å². The van der Waals surface area contributed by atoms with E-state index in [1.807, 2.05) is 13.8 Å². The van der Waals surface area contributed by atoms with Gasteiger partial charge >= 0.3 is 0 Å². The number of ether oxygens (including phenoxy) is 1. The summed E-state index contributed by atoms with van der Waals surface area (Å²) in [4.78, 5) is 37.2. The molecule has 0 aliphatic carbocycles. The summed E-state index contributed by atoms with van der Waals surface area (Å²) in [5, 5.41) is 5.54. The van der Waals surface area contributed by atoms with Crippen LogP contribution in [0.4, 0.5) is 0 Å². The van der Waals surface area contributed by atoms with E-state index in [2.05, 4.69) is 24.5 Å². The normalized spacial score (nSPS) is 22.3. The van der Waals surface area contributed by atoms with Gasteiger partial charge in [-0.1, -0.05) is 27.7 Å². The average Bonchev–Trinajstić information content (AvgIpc) is 3.24. The Kier molecular flexibility index (Phi) is 6.97. The first-order valence-corrected chi connectivity index (χ1v) is 9.11. The van der Waals surface area contributed by atoms with Crippen LogP contribution in [0.15, 0.2) is 23.0 Å². The fourth-order valence-electron chi connectivity index (χ4n) is 2.87. The van der Waals surface area contributed by atoms with Crippen LogP contribution >= 0.6 is 0 Å². The highest BCUT2D eigenvalue weighted by Crippen LogP contribution is 2.18. The van der Waals surface area contributed by atoms with Gasteiger partial charge in [0, 0.05) is 0 Å². The van der Waals surface area contributed by atoms with Crippen LogP contribution in [0, 0.1) is 11.8 Å². The van der Waals surface area contributed by atoms with Crippen LogP contribution in [0.2, 0.25) is 0 Å². The molecule has 0 saturated carbocycles. The highest BCUT2D eigenvalue weighted by molar-refractivity contribution is 5.98. The molecule has 0 bridgehead atoms. The molecule has 0 aromatic carbocycles. The molecule has 1 fully saturated rings. The number of hydrogen-bond acceptors (Lipinski definition) is 5. The first-order valence-electron chi connectivity index (χ1n) is 9.11. The molecule has 2 rings (SSSR count). The number of carbonyl (C=O) groups is 3. The van der Waals surface area contributed by atoms with Crippen LogP contribution in [0.3, 0.4) is 0 Å². The standard InChI is InChI=1S/C19H28N2O5/c1-5-16-17(15(22)10-26-16)21-19(24)14(8-12(4)11(2)3)20-18(23)13-6-7-25-9-13/h6-7,9,11-12,14,16-17H,5,8,10H2,1-4H3,(H,20,23)(H,21,24). The van der Waals surface area contributed by atoms with Crippen molar-refractivity contribution in [3.05, 3.63) is 24.2 Å². The van der Waals surface area contributed by atoms with Crippen LogP contribution < -0.4 is 10.6 Å². The molecule has 26 heavy (non-hydrogen) atoms. The minimum absolute atomic E-state index is 0.0118. The van der Waals surface area contributed by atoms with Crippen molar-refractivity contribution in [3.63, 3.8) is 0 Å². The SMILES string of the molecule is CCC1OCC(=O)C1NC(=O)C(CC(C)C(C)C)NC(=O)c1ccoc1. The molecule has 7 nitrogen and oxygen atoms in total. The molecule has 1 aliphatic rings. The lowest BCUT2D eigenvalue weighted by molar-refractivity contribution is -0.128. The Morgan fingerprint density at radius 1 is 1.31 bits per heavy atom. The van der Waals surface area contributed by atoms with Crippen molar-refractivity contribution in [1.82, 2.24) is 10.6 Å². The third-order valence-electron chi connectivity index (χ3n) is 5.01. The molecule has 144 valence electrons. The van der Waals surface area contributed by atoms with Crippen molar-refractivity contribution >= 4 is 17.6 Å². The van der Waals surface area contributed by atoms with E-state index < -0.39 is 12.1 Å². The van der Waals surface area contributed by atoms with Gasteiger partial charge < -0.3 is 19.8 Å². The third kappa shape index (κ3) is 4.94. The van der Waals surface area contributed by atoms with E-state index in [0.717, 1.165) is 0 Å². The number of Topliss-reactive ketones (excluding diaryl/α,β-unsaturated/α-hetero) is 1. The molecule has 1 aromatic heterocycles. The second-order valence-corrected chi connectivity index (χ2v) is 7.21. The van der Waals surface area contributed by atoms with E-state index in [-0.39, 0.29) is 36.2 Å². The molecular formula is C19H28N2O5. The Bertz CT molecular complexity index is 626. The number of ketones is 1. The van der Waals surface area contributed by atoms with Crippen molar-refractivity contribution in [1.29, 1.82) is 0 Å². The Morgan fingerprint density at radius 2 is 2.04 bits per heavy atom. The van der Waals surface area contributed by atoms with Crippen molar-refractivity contribution in [2.75, 3.05) is 6.61 Å². The molecule has 4 atom stereocenters. The van der Waals surface area contributed by atoms with Gasteiger partial charge in [-0.25, -0.2) is 0 Å². The Morgan fingerprint density at radius 3 is 2.62 bits per heavy atom. The van der Waals surface area contributed by atoms with Gasteiger partial charge in [-0.3, -0.25) is 14.4 Å². The Labute approximate surface area is 153 Å². The molecule has 1 aliphatic heterocycles. The van der Waals surface area contributed by atoms with Crippen molar-refractivity contribution in [3.8, 4) is 0 Å². The Hall–Kier alpha value is -2.15. The predicted molar refractivity (Wildman–Crippen MR) is 95.5 cm³/mol. The minimum atomic E-state index is -0.735. The van der Waals surface area contributed by atoms with Crippen molar-refractivity contribution in [2.45, 2.75) is 58.7 Å². The summed E-state index contributed by atoms with van der Waals surface area (Å²) in [6, 6.07) is 0.147. The zero-order valence-corrected chi connectivity index (χ0v) is 15.8. The zero-order valence-electron chi connectivity index (χ0n) is 15.8. The largest absolute Gasteiger partial charge is 0.472 e. The lowest BCUT2D eigenvalue weighted by Crippen LogP contribution is -2.53. The van der Waals surface area contributed by atoms with Crippen LogP contribution in [-0.2, 0) is 14.3 Å². The fourth-order valence-corrected chi connectivity index (χ4v) is 2.87. The molecular weight excluding hydrogens is 336 g/mol. The number of amides is 2. The maximum atomic E-state index is 12.8. The predicted octanol–water partition coefficient (Wildman–Crippen LogP) is 1.92. The average molecular weight is 364 g/mol. The highest BCUT2D eigenvalue weighted by Gasteiger charge is 2.37. The fraction of sp³-hybridized carbons (Fsp3) is 0.632. The van der Waals surface area contributed by atoms with Gasteiger partial charge in [-0.2, -0.15) is 0 Å². The van der Waals surface area contributed by atoms with Crippen LogP contribution in [-0.4, -0.2) is 42.4 Å². The van der Waals surface area contributed by atoms with E-state index in [1.165, 1.54) is 18.6 Å². The van der Waals surface area contributed by atoms with Gasteiger partial charge in [-0.15, -0.1) is 0 Å². The van der Waals surface area contributed by atoms with Crippen LogP contribution in [0.5, 0.6) is 0 Å². The summed E-state index contributed by atoms with van der Waals surface area (Å²) in [5.41, 5.74) is 0.353. The molecule has 1 aromatic rings. The Balaban J connectivity index is 2.09. The van der Waals surface area contributed by atoms with Crippen molar-refractivity contribution < 1.29 is 23.5 Å². The molecule has 7 heteroatoms. The summed E-state index contributed by atoms with van der Waals surface area (Å²) in [6.07, 6.45) is 3.52. The summed E-state index contributed by atoms with van der Waals surface area (Å²) >= 11 is 0. The van der Waals surface area contributed by atoms with E-state index in [4.69, 9.17) is 9.15 Å². The molecule has 2 heterocycles. The van der Waals surface area contributed by atoms with Gasteiger partial charge in [0.15, 0.2) is 5.78 Å². The highest BCUT2D eigenvalue weighted by atomic mass is 16.5. The lowest BCUT2D eigenvalue weighted by atomic mass is 9.90. The van der Waals surface area contributed by atoms with Crippen LogP contribution in [0.1, 0.15) is 50.9 Å². The number of hydrogen-bond donors (Lipinski definition) is 2. The minimum Gasteiger partial charge on any atom is -0.472 e. The van der Waals surface area contributed by atoms with Crippen LogP contribution in [0.25, 0.3) is 0 Å². The second kappa shape index (κ2) is 8.98. The summed E-state index contributed by atoms with van der Waals surface area (Å²) < 4.78 is 10.3. The number of carbonyl (C=O) groups excluding carboxylic acids is 3. The van der Waals surface area contributed by atoms with Crippen molar-refractivity contribution in [2.24, 2.45) is 11.8 Å².